The van der Waals surface area contributed by atoms with Gasteiger partial charge in [0.25, 0.3) is 11.6 Å². The molecule has 1 saturated heterocycles. The number of nitrogens with zero attached hydrogens (tertiary/aromatic N) is 4. The van der Waals surface area contributed by atoms with Crippen LogP contribution in [0.1, 0.15) is 29.9 Å². The average Bonchev–Trinajstić information content (AvgIpc) is 3.11. The van der Waals surface area contributed by atoms with E-state index in [1.54, 1.807) is 12.1 Å². The van der Waals surface area contributed by atoms with Crippen molar-refractivity contribution in [1.82, 2.24) is 10.2 Å². The lowest BCUT2D eigenvalue weighted by Crippen LogP contribution is -2.29. The molecule has 0 unspecified atom stereocenters. The van der Waals surface area contributed by atoms with Crippen LogP contribution in [0.15, 0.2) is 22.6 Å². The summed E-state index contributed by atoms with van der Waals surface area (Å²) in [5, 5.41) is 18.6. The van der Waals surface area contributed by atoms with Crippen LogP contribution in [0.3, 0.4) is 0 Å². The Morgan fingerprint density at radius 2 is 2.04 bits per heavy atom. The highest BCUT2D eigenvalue weighted by molar-refractivity contribution is 5.84. The van der Waals surface area contributed by atoms with E-state index in [-0.39, 0.29) is 23.0 Å². The topological polar surface area (TPSA) is 112 Å². The predicted molar refractivity (Wildman–Crippen MR) is 83.8 cm³/mol. The SMILES string of the molecule is COC(=O)c1nnc(-c2cc(N3CCCCC3)ccc2[N+](=O)[O-])o1. The van der Waals surface area contributed by atoms with Crippen LogP contribution in [-0.2, 0) is 4.74 Å². The molecule has 2 heterocycles. The van der Waals surface area contributed by atoms with Crippen molar-refractivity contribution in [3.63, 3.8) is 0 Å². The molecule has 0 N–H and O–H groups in total. The number of hydrogen-bond donors (Lipinski definition) is 0. The van der Waals surface area contributed by atoms with E-state index in [1.165, 1.54) is 19.6 Å². The number of hydrogen-bond acceptors (Lipinski definition) is 8. The lowest BCUT2D eigenvalue weighted by Gasteiger charge is -2.28. The fourth-order valence-corrected chi connectivity index (χ4v) is 2.71. The fourth-order valence-electron chi connectivity index (χ4n) is 2.71. The van der Waals surface area contributed by atoms with Crippen molar-refractivity contribution in [2.45, 2.75) is 19.3 Å². The van der Waals surface area contributed by atoms with Gasteiger partial charge in [0.1, 0.15) is 5.56 Å². The first kappa shape index (κ1) is 15.9. The number of carbonyl (C=O) groups is 1. The monoisotopic (exact) mass is 332 g/mol. The zero-order valence-corrected chi connectivity index (χ0v) is 13.1. The number of piperidine rings is 1. The summed E-state index contributed by atoms with van der Waals surface area (Å²) in [4.78, 5) is 24.4. The quantitative estimate of drug-likeness (QED) is 0.476. The highest BCUT2D eigenvalue weighted by Gasteiger charge is 2.24. The van der Waals surface area contributed by atoms with E-state index in [0.29, 0.717) is 0 Å². The Labute approximate surface area is 137 Å². The molecule has 0 radical (unpaired) electrons. The lowest BCUT2D eigenvalue weighted by atomic mass is 10.1. The lowest BCUT2D eigenvalue weighted by molar-refractivity contribution is -0.384. The molecule has 1 aliphatic heterocycles. The first-order valence-electron chi connectivity index (χ1n) is 7.55. The molecule has 1 aliphatic rings. The Kier molecular flexibility index (Phi) is 4.41. The molecule has 9 nitrogen and oxygen atoms in total. The minimum absolute atomic E-state index is 0.0824. The van der Waals surface area contributed by atoms with Crippen LogP contribution in [0.4, 0.5) is 11.4 Å². The van der Waals surface area contributed by atoms with Crippen LogP contribution in [0, 0.1) is 10.1 Å². The third-order valence-electron chi connectivity index (χ3n) is 3.91. The van der Waals surface area contributed by atoms with E-state index in [0.717, 1.165) is 31.6 Å². The number of rotatable bonds is 4. The summed E-state index contributed by atoms with van der Waals surface area (Å²) in [6, 6.07) is 4.78. The molecule has 0 bridgehead atoms. The molecule has 2 aromatic rings. The number of benzene rings is 1. The molecule has 1 aromatic carbocycles. The van der Waals surface area contributed by atoms with Crippen molar-refractivity contribution in [2.24, 2.45) is 0 Å². The number of anilines is 1. The van der Waals surface area contributed by atoms with Crippen LogP contribution in [0.25, 0.3) is 11.5 Å². The summed E-state index contributed by atoms with van der Waals surface area (Å²) in [6.07, 6.45) is 3.35. The van der Waals surface area contributed by atoms with Crippen LogP contribution in [0.2, 0.25) is 0 Å². The van der Waals surface area contributed by atoms with Gasteiger partial charge in [0.05, 0.1) is 12.0 Å². The molecule has 1 fully saturated rings. The van der Waals surface area contributed by atoms with Crippen molar-refractivity contribution in [1.29, 1.82) is 0 Å². The van der Waals surface area contributed by atoms with Gasteiger partial charge in [0.15, 0.2) is 0 Å². The van der Waals surface area contributed by atoms with Gasteiger partial charge in [-0.15, -0.1) is 10.2 Å². The predicted octanol–water partition coefficient (Wildman–Crippen LogP) is 2.42. The first-order valence-corrected chi connectivity index (χ1v) is 7.55. The van der Waals surface area contributed by atoms with Crippen molar-refractivity contribution < 1.29 is 18.9 Å². The number of carbonyl (C=O) groups excluding carboxylic acids is 1. The van der Waals surface area contributed by atoms with Gasteiger partial charge in [0.2, 0.25) is 0 Å². The number of esters is 1. The molecule has 1 aromatic heterocycles. The van der Waals surface area contributed by atoms with Crippen molar-refractivity contribution in [3.05, 3.63) is 34.2 Å². The molecule has 24 heavy (non-hydrogen) atoms. The maximum Gasteiger partial charge on any atom is 0.396 e. The molecule has 126 valence electrons. The van der Waals surface area contributed by atoms with Crippen molar-refractivity contribution in [2.75, 3.05) is 25.1 Å². The van der Waals surface area contributed by atoms with E-state index in [2.05, 4.69) is 19.8 Å². The molecule has 9 heteroatoms. The van der Waals surface area contributed by atoms with Gasteiger partial charge in [-0.05, 0) is 31.4 Å². The molecular formula is C15H16N4O5. The summed E-state index contributed by atoms with van der Waals surface area (Å²) < 4.78 is 9.74. The zero-order chi connectivity index (χ0) is 17.1. The molecule has 0 amide bonds. The Morgan fingerprint density at radius 3 is 2.71 bits per heavy atom. The average molecular weight is 332 g/mol. The standard InChI is InChI=1S/C15H16N4O5/c1-23-15(20)14-17-16-13(24-14)11-9-10(5-6-12(11)19(21)22)18-7-3-2-4-8-18/h5-6,9H,2-4,7-8H2,1H3. The first-order chi connectivity index (χ1) is 11.6. The highest BCUT2D eigenvalue weighted by atomic mass is 16.6. The minimum Gasteiger partial charge on any atom is -0.462 e. The number of ether oxygens (including phenoxy) is 1. The van der Waals surface area contributed by atoms with Crippen LogP contribution in [0.5, 0.6) is 0 Å². The van der Waals surface area contributed by atoms with Crippen LogP contribution < -0.4 is 4.90 Å². The van der Waals surface area contributed by atoms with Crippen LogP contribution >= 0.6 is 0 Å². The third kappa shape index (κ3) is 3.05. The Balaban J connectivity index is 2.01. The van der Waals surface area contributed by atoms with Crippen LogP contribution in [-0.4, -0.2) is 41.3 Å². The summed E-state index contributed by atoms with van der Waals surface area (Å²) in [5.74, 6) is -1.21. The fraction of sp³-hybridized carbons (Fsp3) is 0.400. The molecular weight excluding hydrogens is 316 g/mol. The number of methoxy groups -OCH3 is 1. The molecule has 0 spiro atoms. The highest BCUT2D eigenvalue weighted by Crippen LogP contribution is 2.33. The van der Waals surface area contributed by atoms with Gasteiger partial charge < -0.3 is 14.1 Å². The molecule has 0 saturated carbocycles. The van der Waals surface area contributed by atoms with E-state index in [1.807, 2.05) is 0 Å². The Hall–Kier alpha value is -2.97. The second-order valence-corrected chi connectivity index (χ2v) is 5.41. The van der Waals surface area contributed by atoms with Gasteiger partial charge >= 0.3 is 11.9 Å². The second-order valence-electron chi connectivity index (χ2n) is 5.41. The maximum absolute atomic E-state index is 11.4. The van der Waals surface area contributed by atoms with Gasteiger partial charge in [-0.1, -0.05) is 0 Å². The molecule has 0 atom stereocenters. The molecule has 0 aliphatic carbocycles. The van der Waals surface area contributed by atoms with E-state index >= 15 is 0 Å². The smallest absolute Gasteiger partial charge is 0.396 e. The minimum atomic E-state index is -0.788. The third-order valence-corrected chi connectivity index (χ3v) is 3.91. The van der Waals surface area contributed by atoms with E-state index < -0.39 is 10.9 Å². The Morgan fingerprint density at radius 1 is 1.29 bits per heavy atom. The normalized spacial score (nSPS) is 14.5. The second kappa shape index (κ2) is 6.65. The molecule has 3 rings (SSSR count). The van der Waals surface area contributed by atoms with E-state index in [4.69, 9.17) is 4.42 Å². The maximum atomic E-state index is 11.4. The van der Waals surface area contributed by atoms with E-state index in [9.17, 15) is 14.9 Å². The summed E-state index contributed by atoms with van der Waals surface area (Å²) in [5.41, 5.74) is 0.884. The summed E-state index contributed by atoms with van der Waals surface area (Å²) in [6.45, 7) is 1.79. The summed E-state index contributed by atoms with van der Waals surface area (Å²) in [7, 11) is 1.19. The number of nitro groups is 1. The number of nitro benzene ring substituents is 1. The van der Waals surface area contributed by atoms with Gasteiger partial charge in [0, 0.05) is 24.8 Å². The Bertz CT molecular complexity index is 767. The largest absolute Gasteiger partial charge is 0.462 e. The summed E-state index contributed by atoms with van der Waals surface area (Å²) >= 11 is 0. The number of aromatic nitrogens is 2. The zero-order valence-electron chi connectivity index (χ0n) is 13.1. The van der Waals surface area contributed by atoms with Gasteiger partial charge in [-0.2, -0.15) is 0 Å². The van der Waals surface area contributed by atoms with Gasteiger partial charge in [-0.25, -0.2) is 4.79 Å². The van der Waals surface area contributed by atoms with Gasteiger partial charge in [-0.3, -0.25) is 10.1 Å². The van der Waals surface area contributed by atoms with Crippen molar-refractivity contribution in [3.8, 4) is 11.5 Å². The van der Waals surface area contributed by atoms with Crippen molar-refractivity contribution >= 4 is 17.3 Å².